The Hall–Kier alpha value is -2.36. The van der Waals surface area contributed by atoms with Crippen LogP contribution in [0.1, 0.15) is 73.7 Å². The maximum absolute atomic E-state index is 14.2. The first-order chi connectivity index (χ1) is 21.4. The second kappa shape index (κ2) is 12.0. The molecule has 0 spiro atoms. The lowest BCUT2D eigenvalue weighted by Crippen LogP contribution is -2.47. The lowest BCUT2D eigenvalue weighted by Gasteiger charge is -2.42. The van der Waals surface area contributed by atoms with E-state index in [0.717, 1.165) is 6.42 Å². The Bertz CT molecular complexity index is 1610. The molecule has 2 amide bonds. The molecular formula is C37H47NO4S2Si. The topological polar surface area (TPSA) is 66.8 Å². The Morgan fingerprint density at radius 3 is 2.24 bits per heavy atom. The van der Waals surface area contributed by atoms with Crippen molar-refractivity contribution in [1.29, 1.82) is 0 Å². The maximum atomic E-state index is 14.2. The molecule has 4 unspecified atom stereocenters. The second-order valence-corrected chi connectivity index (χ2v) is 22.3. The number of fused-ring (bicyclic) bond motifs is 5. The highest BCUT2D eigenvalue weighted by atomic mass is 32.1. The standard InChI is InChI=1S/C37H47NO4S2Si/c1-21(2)45(22(3)4,23(5)6)42-20-28-17-30(25(8)43-28)37-19-27(33-34(37)36(41)38(14-15-39)35(33)40)16-31(37)29-18-32(44-24(29)7)26-12-10-9-11-13-26/h9-13,16-18,21-23,27,33-34,39H,14-15,19-20H2,1-8H3. The van der Waals surface area contributed by atoms with Crippen LogP contribution in [0.3, 0.4) is 0 Å². The number of likely N-dealkylation sites (tertiary alicyclic amines) is 1. The SMILES string of the molecule is Cc1sc(-c2ccccc2)cc1C1=CC2CC1(c1cc(CO[Si](C(C)C)(C(C)C)C(C)C)sc1C)C1C(=O)N(CCO)C(=O)C21. The predicted molar refractivity (Wildman–Crippen MR) is 188 cm³/mol. The number of carbonyl (C=O) groups is 2. The summed E-state index contributed by atoms with van der Waals surface area (Å²) in [5.41, 5.74) is 5.65. The van der Waals surface area contributed by atoms with Crippen molar-refractivity contribution in [3.63, 3.8) is 0 Å². The van der Waals surface area contributed by atoms with Crippen LogP contribution in [0.5, 0.6) is 0 Å². The van der Waals surface area contributed by atoms with E-state index in [1.54, 1.807) is 22.7 Å². The lowest BCUT2D eigenvalue weighted by atomic mass is 9.64. The molecule has 5 nitrogen and oxygen atoms in total. The van der Waals surface area contributed by atoms with Crippen molar-refractivity contribution in [2.45, 2.75) is 90.5 Å². The number of β-amino-alcohol motifs (C(OH)–C–C–N with tert-alkyl or cyclic N) is 1. The zero-order chi connectivity index (χ0) is 32.4. The number of hydrogen-bond acceptors (Lipinski definition) is 6. The molecule has 6 rings (SSSR count). The number of carbonyl (C=O) groups excluding carboxylic acids is 2. The highest BCUT2D eigenvalue weighted by Gasteiger charge is 2.69. The molecule has 4 atom stereocenters. The van der Waals surface area contributed by atoms with Crippen LogP contribution < -0.4 is 0 Å². The van der Waals surface area contributed by atoms with Crippen molar-refractivity contribution < 1.29 is 19.1 Å². The minimum atomic E-state index is -2.06. The summed E-state index contributed by atoms with van der Waals surface area (Å²) in [7, 11) is -2.06. The van der Waals surface area contributed by atoms with Gasteiger partial charge in [0.1, 0.15) is 0 Å². The van der Waals surface area contributed by atoms with Crippen LogP contribution in [0.4, 0.5) is 0 Å². The van der Waals surface area contributed by atoms with E-state index in [4.69, 9.17) is 4.43 Å². The van der Waals surface area contributed by atoms with Gasteiger partial charge in [0.2, 0.25) is 20.1 Å². The number of amides is 2. The van der Waals surface area contributed by atoms with E-state index in [9.17, 15) is 14.7 Å². The molecule has 0 radical (unpaired) electrons. The monoisotopic (exact) mass is 661 g/mol. The molecule has 1 N–H and O–H groups in total. The first-order valence-corrected chi connectivity index (χ1v) is 20.2. The number of thiophene rings is 2. The minimum absolute atomic E-state index is 0.00787. The van der Waals surface area contributed by atoms with Gasteiger partial charge in [0, 0.05) is 24.9 Å². The minimum Gasteiger partial charge on any atom is -0.411 e. The number of aliphatic hydroxyl groups excluding tert-OH is 1. The third-order valence-electron chi connectivity index (χ3n) is 11.1. The normalized spacial score (nSPS) is 24.6. The van der Waals surface area contributed by atoms with Gasteiger partial charge in [-0.25, -0.2) is 0 Å². The number of aryl methyl sites for hydroxylation is 2. The molecule has 2 fully saturated rings. The van der Waals surface area contributed by atoms with Gasteiger partial charge >= 0.3 is 0 Å². The van der Waals surface area contributed by atoms with Gasteiger partial charge in [0.25, 0.3) is 0 Å². The summed E-state index contributed by atoms with van der Waals surface area (Å²) in [4.78, 5) is 34.1. The Balaban J connectivity index is 1.45. The smallest absolute Gasteiger partial charge is 0.234 e. The molecule has 8 heteroatoms. The van der Waals surface area contributed by atoms with Crippen LogP contribution in [0.15, 0.2) is 48.5 Å². The van der Waals surface area contributed by atoms with Gasteiger partial charge in [-0.15, -0.1) is 22.7 Å². The first kappa shape index (κ1) is 32.6. The van der Waals surface area contributed by atoms with Gasteiger partial charge in [-0.1, -0.05) is 78.0 Å². The molecule has 1 saturated heterocycles. The molecule has 1 aromatic carbocycles. The zero-order valence-electron chi connectivity index (χ0n) is 27.8. The van der Waals surface area contributed by atoms with E-state index in [0.29, 0.717) is 23.2 Å². The summed E-state index contributed by atoms with van der Waals surface area (Å²) in [6, 6.07) is 15.1. The number of imide groups is 1. The maximum Gasteiger partial charge on any atom is 0.234 e. The Morgan fingerprint density at radius 2 is 1.62 bits per heavy atom. The van der Waals surface area contributed by atoms with E-state index in [2.05, 4.69) is 97.9 Å². The van der Waals surface area contributed by atoms with E-state index in [-0.39, 0.29) is 36.8 Å². The van der Waals surface area contributed by atoms with Crippen molar-refractivity contribution >= 4 is 48.4 Å². The molecule has 3 heterocycles. The fourth-order valence-corrected chi connectivity index (χ4v) is 17.0. The first-order valence-electron chi connectivity index (χ1n) is 16.5. The summed E-state index contributed by atoms with van der Waals surface area (Å²) in [6.45, 7) is 18.7. The van der Waals surface area contributed by atoms with Crippen molar-refractivity contribution in [2.24, 2.45) is 17.8 Å². The number of benzene rings is 1. The lowest BCUT2D eigenvalue weighted by molar-refractivity contribution is -0.141. The molecule has 2 bridgehead atoms. The van der Waals surface area contributed by atoms with Gasteiger partial charge in [-0.05, 0) is 77.2 Å². The average Bonchev–Trinajstić information content (AvgIpc) is 3.78. The number of aliphatic hydroxyl groups is 1. The fourth-order valence-electron chi connectivity index (χ4n) is 9.45. The van der Waals surface area contributed by atoms with Crippen molar-refractivity contribution in [1.82, 2.24) is 4.90 Å². The van der Waals surface area contributed by atoms with E-state index in [1.165, 1.54) is 46.7 Å². The van der Waals surface area contributed by atoms with E-state index in [1.807, 2.05) is 6.07 Å². The molecular weight excluding hydrogens is 615 g/mol. The third kappa shape index (κ3) is 4.89. The zero-order valence-corrected chi connectivity index (χ0v) is 30.5. The summed E-state index contributed by atoms with van der Waals surface area (Å²) in [5, 5.41) is 9.75. The van der Waals surface area contributed by atoms with Crippen LogP contribution >= 0.6 is 22.7 Å². The van der Waals surface area contributed by atoms with E-state index < -0.39 is 19.7 Å². The van der Waals surface area contributed by atoms with Gasteiger partial charge < -0.3 is 9.53 Å². The fraction of sp³-hybridized carbons (Fsp3) is 0.514. The molecule has 240 valence electrons. The predicted octanol–water partition coefficient (Wildman–Crippen LogP) is 8.73. The van der Waals surface area contributed by atoms with E-state index >= 15 is 0 Å². The third-order valence-corrected chi connectivity index (χ3v) is 19.2. The van der Waals surface area contributed by atoms with Crippen LogP contribution in [-0.4, -0.2) is 43.3 Å². The molecule has 2 aliphatic carbocycles. The molecule has 1 saturated carbocycles. The molecule has 3 aliphatic rings. The summed E-state index contributed by atoms with van der Waals surface area (Å²) >= 11 is 3.57. The highest BCUT2D eigenvalue weighted by Crippen LogP contribution is 2.68. The summed E-state index contributed by atoms with van der Waals surface area (Å²) in [5.74, 6) is -1.09. The molecule has 2 aromatic heterocycles. The van der Waals surface area contributed by atoms with Crippen LogP contribution in [0.2, 0.25) is 16.6 Å². The average molecular weight is 662 g/mol. The number of rotatable bonds is 11. The Morgan fingerprint density at radius 1 is 0.956 bits per heavy atom. The van der Waals surface area contributed by atoms with Crippen molar-refractivity contribution in [2.75, 3.05) is 13.2 Å². The van der Waals surface area contributed by atoms with Crippen molar-refractivity contribution in [3.05, 3.63) is 74.3 Å². The molecule has 1 aliphatic heterocycles. The highest BCUT2D eigenvalue weighted by molar-refractivity contribution is 7.15. The molecule has 45 heavy (non-hydrogen) atoms. The van der Waals surface area contributed by atoms with Crippen molar-refractivity contribution in [3.8, 4) is 10.4 Å². The Labute approximate surface area is 277 Å². The van der Waals surface area contributed by atoms with Gasteiger partial charge in [0.05, 0.1) is 31.6 Å². The quantitative estimate of drug-likeness (QED) is 0.165. The second-order valence-electron chi connectivity index (χ2n) is 14.2. The summed E-state index contributed by atoms with van der Waals surface area (Å²) in [6.07, 6.45) is 3.08. The number of hydrogen-bond donors (Lipinski definition) is 1. The Kier molecular flexibility index (Phi) is 8.70. The number of nitrogens with zero attached hydrogens (tertiary/aromatic N) is 1. The largest absolute Gasteiger partial charge is 0.411 e. The van der Waals surface area contributed by atoms with Crippen LogP contribution in [-0.2, 0) is 26.0 Å². The van der Waals surface area contributed by atoms with Gasteiger partial charge in [-0.3, -0.25) is 14.5 Å². The van der Waals surface area contributed by atoms with Gasteiger partial charge in [-0.2, -0.15) is 0 Å². The summed E-state index contributed by atoms with van der Waals surface area (Å²) < 4.78 is 7.04. The van der Waals surface area contributed by atoms with Crippen LogP contribution in [0, 0.1) is 31.6 Å². The van der Waals surface area contributed by atoms with Gasteiger partial charge in [0.15, 0.2) is 0 Å². The molecule has 3 aromatic rings. The van der Waals surface area contributed by atoms with Crippen LogP contribution in [0.25, 0.3) is 16.0 Å². The number of allylic oxidation sites excluding steroid dienone is 2.